The summed E-state index contributed by atoms with van der Waals surface area (Å²) in [6, 6.07) is 14.2. The lowest BCUT2D eigenvalue weighted by Crippen LogP contribution is -1.99. The van der Waals surface area contributed by atoms with Gasteiger partial charge in [-0.25, -0.2) is 0 Å². The molecule has 0 aliphatic heterocycles. The first kappa shape index (κ1) is 15.3. The van der Waals surface area contributed by atoms with Gasteiger partial charge in [-0.05, 0) is 36.1 Å². The Morgan fingerprint density at radius 3 is 2.40 bits per heavy atom. The number of hydrogen-bond donors (Lipinski definition) is 0. The molecule has 0 aliphatic rings. The van der Waals surface area contributed by atoms with Crippen LogP contribution in [0.4, 0.5) is 0 Å². The minimum absolute atomic E-state index is 0.0659. The maximum Gasteiger partial charge on any atom is 0.123 e. The van der Waals surface area contributed by atoms with Crippen molar-refractivity contribution < 1.29 is 9.47 Å². The van der Waals surface area contributed by atoms with E-state index in [2.05, 4.69) is 46.5 Å². The van der Waals surface area contributed by atoms with Gasteiger partial charge in [0.2, 0.25) is 0 Å². The Kier molecular flexibility index (Phi) is 5.38. The fourth-order valence-electron chi connectivity index (χ4n) is 2.08. The van der Waals surface area contributed by atoms with Crippen LogP contribution >= 0.6 is 27.7 Å². The second kappa shape index (κ2) is 7.04. The second-order valence-electron chi connectivity index (χ2n) is 4.21. The summed E-state index contributed by atoms with van der Waals surface area (Å²) in [6.07, 6.45) is 2.08. The molecule has 20 heavy (non-hydrogen) atoms. The first-order valence-electron chi connectivity index (χ1n) is 6.20. The Bertz CT molecular complexity index is 586. The van der Waals surface area contributed by atoms with E-state index in [9.17, 15) is 0 Å². The van der Waals surface area contributed by atoms with Gasteiger partial charge < -0.3 is 9.47 Å². The molecule has 1 atom stereocenters. The summed E-state index contributed by atoms with van der Waals surface area (Å²) in [7, 11) is 3.36. The molecule has 0 N–H and O–H groups in total. The molecule has 0 radical (unpaired) electrons. The van der Waals surface area contributed by atoms with Crippen LogP contribution in [0.25, 0.3) is 0 Å². The molecule has 4 heteroatoms. The van der Waals surface area contributed by atoms with E-state index in [1.807, 2.05) is 18.2 Å². The Hall–Kier alpha value is -1.13. The molecular formula is C16H17BrO2S. The quantitative estimate of drug-likeness (QED) is 0.562. The smallest absolute Gasteiger partial charge is 0.123 e. The number of benzene rings is 2. The number of alkyl halides is 1. The molecule has 0 heterocycles. The molecule has 0 saturated carbocycles. The van der Waals surface area contributed by atoms with Gasteiger partial charge in [-0.15, -0.1) is 11.8 Å². The van der Waals surface area contributed by atoms with E-state index >= 15 is 0 Å². The lowest BCUT2D eigenvalue weighted by Gasteiger charge is -2.18. The van der Waals surface area contributed by atoms with Crippen LogP contribution in [-0.4, -0.2) is 20.5 Å². The Morgan fingerprint density at radius 2 is 1.75 bits per heavy atom. The number of ether oxygens (including phenoxy) is 2. The number of hydrogen-bond acceptors (Lipinski definition) is 3. The molecule has 1 unspecified atom stereocenters. The van der Waals surface area contributed by atoms with Crippen molar-refractivity contribution in [2.24, 2.45) is 0 Å². The van der Waals surface area contributed by atoms with Crippen LogP contribution in [0.2, 0.25) is 0 Å². The third-order valence-corrected chi connectivity index (χ3v) is 4.92. The maximum atomic E-state index is 5.47. The number of rotatable bonds is 5. The van der Waals surface area contributed by atoms with E-state index in [0.717, 1.165) is 17.1 Å². The van der Waals surface area contributed by atoms with Gasteiger partial charge in [-0.1, -0.05) is 34.1 Å². The first-order valence-corrected chi connectivity index (χ1v) is 8.34. The molecule has 2 aromatic carbocycles. The van der Waals surface area contributed by atoms with Crippen molar-refractivity contribution in [1.29, 1.82) is 0 Å². The summed E-state index contributed by atoms with van der Waals surface area (Å²) < 4.78 is 10.8. The van der Waals surface area contributed by atoms with Crippen molar-refractivity contribution in [1.82, 2.24) is 0 Å². The molecule has 0 fully saturated rings. The number of thioether (sulfide) groups is 1. The van der Waals surface area contributed by atoms with Crippen LogP contribution < -0.4 is 9.47 Å². The average molecular weight is 353 g/mol. The van der Waals surface area contributed by atoms with E-state index in [0.29, 0.717) is 0 Å². The summed E-state index contributed by atoms with van der Waals surface area (Å²) in [6.45, 7) is 0. The van der Waals surface area contributed by atoms with E-state index in [1.54, 1.807) is 26.0 Å². The van der Waals surface area contributed by atoms with E-state index in [1.165, 1.54) is 10.5 Å². The zero-order valence-electron chi connectivity index (χ0n) is 11.7. The van der Waals surface area contributed by atoms with Crippen LogP contribution in [0.5, 0.6) is 11.5 Å². The van der Waals surface area contributed by atoms with Crippen LogP contribution in [0.1, 0.15) is 16.0 Å². The first-order chi connectivity index (χ1) is 9.71. The SMILES string of the molecule is COc1ccc(OC)c(C(Br)c2ccccc2SC)c1. The van der Waals surface area contributed by atoms with Gasteiger partial charge in [-0.2, -0.15) is 0 Å². The van der Waals surface area contributed by atoms with Crippen molar-refractivity contribution in [3.05, 3.63) is 53.6 Å². The van der Waals surface area contributed by atoms with Crippen LogP contribution in [0.15, 0.2) is 47.4 Å². The third kappa shape index (κ3) is 3.13. The van der Waals surface area contributed by atoms with Gasteiger partial charge in [-0.3, -0.25) is 0 Å². The topological polar surface area (TPSA) is 18.5 Å². The fourth-order valence-corrected chi connectivity index (χ4v) is 3.63. The molecule has 2 rings (SSSR count). The summed E-state index contributed by atoms with van der Waals surface area (Å²) in [5.74, 6) is 1.68. The normalized spacial score (nSPS) is 12.0. The molecule has 0 saturated heterocycles. The summed E-state index contributed by atoms with van der Waals surface area (Å²) in [5.41, 5.74) is 2.29. The van der Waals surface area contributed by atoms with Gasteiger partial charge in [0.15, 0.2) is 0 Å². The minimum Gasteiger partial charge on any atom is -0.497 e. The van der Waals surface area contributed by atoms with Gasteiger partial charge in [0.1, 0.15) is 11.5 Å². The zero-order chi connectivity index (χ0) is 14.5. The van der Waals surface area contributed by atoms with Gasteiger partial charge >= 0.3 is 0 Å². The van der Waals surface area contributed by atoms with Gasteiger partial charge in [0.25, 0.3) is 0 Å². The average Bonchev–Trinajstić information content (AvgIpc) is 2.53. The standard InChI is InChI=1S/C16H17BrO2S/c1-18-11-8-9-14(19-2)13(10-11)16(17)12-6-4-5-7-15(12)20-3/h4-10,16H,1-3H3. The van der Waals surface area contributed by atoms with Gasteiger partial charge in [0, 0.05) is 10.5 Å². The minimum atomic E-state index is 0.0659. The van der Waals surface area contributed by atoms with Crippen LogP contribution in [0.3, 0.4) is 0 Å². The molecule has 0 aliphatic carbocycles. The van der Waals surface area contributed by atoms with Crippen LogP contribution in [0, 0.1) is 0 Å². The van der Waals surface area contributed by atoms with Crippen LogP contribution in [-0.2, 0) is 0 Å². The maximum absolute atomic E-state index is 5.47. The predicted octanol–water partition coefficient (Wildman–Crippen LogP) is 4.91. The molecule has 0 aromatic heterocycles. The van der Waals surface area contributed by atoms with Crippen molar-refractivity contribution in [2.45, 2.75) is 9.72 Å². The Balaban J connectivity index is 2.49. The highest BCUT2D eigenvalue weighted by atomic mass is 79.9. The molecule has 0 spiro atoms. The lowest BCUT2D eigenvalue weighted by atomic mass is 10.0. The molecule has 2 aromatic rings. The summed E-state index contributed by atoms with van der Waals surface area (Å²) in [4.78, 5) is 1.32. The van der Waals surface area contributed by atoms with E-state index < -0.39 is 0 Å². The monoisotopic (exact) mass is 352 g/mol. The van der Waals surface area contributed by atoms with Crippen molar-refractivity contribution in [3.63, 3.8) is 0 Å². The molecular weight excluding hydrogens is 336 g/mol. The van der Waals surface area contributed by atoms with Crippen molar-refractivity contribution in [3.8, 4) is 11.5 Å². The third-order valence-electron chi connectivity index (χ3n) is 3.12. The highest BCUT2D eigenvalue weighted by Gasteiger charge is 2.18. The molecule has 106 valence electrons. The van der Waals surface area contributed by atoms with Gasteiger partial charge in [0.05, 0.1) is 19.0 Å². The van der Waals surface area contributed by atoms with E-state index in [4.69, 9.17) is 9.47 Å². The zero-order valence-corrected chi connectivity index (χ0v) is 14.1. The Morgan fingerprint density at radius 1 is 1.00 bits per heavy atom. The van der Waals surface area contributed by atoms with E-state index in [-0.39, 0.29) is 4.83 Å². The highest BCUT2D eigenvalue weighted by Crippen LogP contribution is 2.41. The molecule has 0 amide bonds. The summed E-state index contributed by atoms with van der Waals surface area (Å²) in [5, 5.41) is 0. The number of methoxy groups -OCH3 is 2. The van der Waals surface area contributed by atoms with Crippen molar-refractivity contribution >= 4 is 27.7 Å². The second-order valence-corrected chi connectivity index (χ2v) is 5.98. The Labute approximate surface area is 132 Å². The number of halogens is 1. The van der Waals surface area contributed by atoms with Crippen molar-refractivity contribution in [2.75, 3.05) is 20.5 Å². The highest BCUT2D eigenvalue weighted by molar-refractivity contribution is 9.09. The molecule has 2 nitrogen and oxygen atoms in total. The summed E-state index contributed by atoms with van der Waals surface area (Å²) >= 11 is 5.53. The predicted molar refractivity (Wildman–Crippen MR) is 88.5 cm³/mol. The largest absolute Gasteiger partial charge is 0.497 e. The lowest BCUT2D eigenvalue weighted by molar-refractivity contribution is 0.399. The molecule has 0 bridgehead atoms. The fraction of sp³-hybridized carbons (Fsp3) is 0.250.